The summed E-state index contributed by atoms with van der Waals surface area (Å²) in [5.74, 6) is -1.04. The lowest BCUT2D eigenvalue weighted by Crippen LogP contribution is -2.37. The number of nitrogens with one attached hydrogen (secondary N) is 1. The molecule has 0 aromatic heterocycles. The number of phenolic OH excluding ortho intramolecular Hbond substituents is 4. The molecule has 0 saturated heterocycles. The van der Waals surface area contributed by atoms with Gasteiger partial charge in [0.1, 0.15) is 34.9 Å². The second-order valence-corrected chi connectivity index (χ2v) is 7.24. The number of para-hydroxylation sites is 1. The summed E-state index contributed by atoms with van der Waals surface area (Å²) in [6, 6.07) is 15.2. The molecule has 2 unspecified atom stereocenters. The molecule has 0 aliphatic carbocycles. The first-order chi connectivity index (χ1) is 14.8. The predicted octanol–water partition coefficient (Wildman–Crippen LogP) is 3.19. The van der Waals surface area contributed by atoms with Crippen molar-refractivity contribution in [3.63, 3.8) is 0 Å². The molecule has 0 amide bonds. The van der Waals surface area contributed by atoms with Crippen LogP contribution in [0.3, 0.4) is 0 Å². The minimum absolute atomic E-state index is 0.00958. The normalized spacial score (nSPS) is 18.8. The molecule has 1 aliphatic rings. The molecule has 8 nitrogen and oxygen atoms in total. The molecule has 6 N–H and O–H groups in total. The van der Waals surface area contributed by atoms with E-state index in [-0.39, 0.29) is 50.7 Å². The smallest absolute Gasteiger partial charge is 0.197 e. The minimum Gasteiger partial charge on any atom is -0.508 e. The van der Waals surface area contributed by atoms with Crippen molar-refractivity contribution in [3.8, 4) is 28.7 Å². The lowest BCUT2D eigenvalue weighted by molar-refractivity contribution is 0.0691. The average Bonchev–Trinajstić information content (AvgIpc) is 2.70. The highest BCUT2D eigenvalue weighted by atomic mass is 32.1. The van der Waals surface area contributed by atoms with Crippen LogP contribution in [0.25, 0.3) is 0 Å². The number of fused-ring (bicyclic) bond motifs is 1. The summed E-state index contributed by atoms with van der Waals surface area (Å²) in [6.45, 7) is 0. The topological polar surface area (TPSA) is 135 Å². The van der Waals surface area contributed by atoms with Gasteiger partial charge in [0, 0.05) is 29.4 Å². The van der Waals surface area contributed by atoms with Crippen molar-refractivity contribution in [3.05, 3.63) is 71.8 Å². The number of aliphatic hydroxyl groups excluding tert-OH is 1. The Morgan fingerprint density at radius 3 is 2.32 bits per heavy atom. The number of anilines is 1. The van der Waals surface area contributed by atoms with E-state index in [1.807, 2.05) is 18.2 Å². The summed E-state index contributed by atoms with van der Waals surface area (Å²) in [6.07, 6.45) is -2.58. The van der Waals surface area contributed by atoms with Crippen LogP contribution in [-0.4, -0.2) is 42.5 Å². The molecule has 158 valence electrons. The van der Waals surface area contributed by atoms with Gasteiger partial charge in [-0.05, 0) is 36.5 Å². The second kappa shape index (κ2) is 8.13. The molecule has 3 aromatic carbocycles. The fourth-order valence-electron chi connectivity index (χ4n) is 3.34. The van der Waals surface area contributed by atoms with Crippen molar-refractivity contribution in [1.82, 2.24) is 0 Å². The maximum absolute atomic E-state index is 11.0. The van der Waals surface area contributed by atoms with E-state index in [1.54, 1.807) is 12.1 Å². The van der Waals surface area contributed by atoms with E-state index in [4.69, 9.17) is 17.0 Å². The van der Waals surface area contributed by atoms with Crippen molar-refractivity contribution < 1.29 is 30.3 Å². The number of phenols is 4. The number of thiocarbonyl (C=S) groups is 1. The lowest BCUT2D eigenvalue weighted by atomic mass is 9.91. The van der Waals surface area contributed by atoms with E-state index in [0.717, 1.165) is 12.1 Å². The van der Waals surface area contributed by atoms with Crippen LogP contribution in [-0.2, 0) is 0 Å². The molecule has 1 aliphatic heterocycles. The van der Waals surface area contributed by atoms with Crippen LogP contribution < -0.4 is 10.1 Å². The Morgan fingerprint density at radius 2 is 1.61 bits per heavy atom. The Bertz CT molecular complexity index is 1180. The van der Waals surface area contributed by atoms with Crippen LogP contribution >= 0.6 is 12.2 Å². The molecule has 0 fully saturated rings. The van der Waals surface area contributed by atoms with Crippen LogP contribution in [0.5, 0.6) is 28.7 Å². The van der Waals surface area contributed by atoms with Crippen LogP contribution in [0.2, 0.25) is 0 Å². The average molecular weight is 438 g/mol. The summed E-state index contributed by atoms with van der Waals surface area (Å²) in [4.78, 5) is 4.30. The molecule has 0 bridgehead atoms. The van der Waals surface area contributed by atoms with Gasteiger partial charge in [-0.25, -0.2) is 4.99 Å². The fourth-order valence-corrected chi connectivity index (χ4v) is 3.56. The first-order valence-corrected chi connectivity index (χ1v) is 9.62. The summed E-state index contributed by atoms with van der Waals surface area (Å²) in [7, 11) is 0. The second-order valence-electron chi connectivity index (χ2n) is 6.86. The molecule has 31 heavy (non-hydrogen) atoms. The number of nitrogens with zero attached hydrogens (tertiary/aromatic N) is 1. The Balaban J connectivity index is 1.79. The lowest BCUT2D eigenvalue weighted by Gasteiger charge is -2.32. The number of rotatable bonds is 2. The van der Waals surface area contributed by atoms with Gasteiger partial charge in [-0.15, -0.1) is 0 Å². The Kier molecular flexibility index (Phi) is 5.37. The Morgan fingerprint density at radius 1 is 0.903 bits per heavy atom. The molecule has 2 atom stereocenters. The Hall–Kier alpha value is -3.82. The maximum atomic E-state index is 11.0. The van der Waals surface area contributed by atoms with E-state index < -0.39 is 12.2 Å². The summed E-state index contributed by atoms with van der Waals surface area (Å²) in [5, 5.41) is 54.1. The van der Waals surface area contributed by atoms with Crippen molar-refractivity contribution in [2.24, 2.45) is 4.99 Å². The largest absolute Gasteiger partial charge is 0.508 e. The molecule has 0 saturated carbocycles. The monoisotopic (exact) mass is 438 g/mol. The number of hydrogen-bond donors (Lipinski definition) is 6. The highest BCUT2D eigenvalue weighted by Gasteiger charge is 2.39. The van der Waals surface area contributed by atoms with E-state index in [2.05, 4.69) is 10.3 Å². The quantitative estimate of drug-likeness (QED) is 0.336. The Labute approximate surface area is 182 Å². The van der Waals surface area contributed by atoms with Gasteiger partial charge in [-0.1, -0.05) is 18.2 Å². The number of aromatic hydroxyl groups is 4. The van der Waals surface area contributed by atoms with Crippen LogP contribution in [0.15, 0.2) is 65.7 Å². The molecule has 4 rings (SSSR count). The van der Waals surface area contributed by atoms with Gasteiger partial charge < -0.3 is 35.6 Å². The van der Waals surface area contributed by atoms with E-state index in [1.165, 1.54) is 18.2 Å². The number of aliphatic imine (C=N–C) groups is 1. The summed E-state index contributed by atoms with van der Waals surface area (Å²) in [5.41, 5.74) is 0.913. The molecule has 3 aromatic rings. The van der Waals surface area contributed by atoms with Gasteiger partial charge in [0.25, 0.3) is 0 Å². The van der Waals surface area contributed by atoms with E-state index in [9.17, 15) is 25.5 Å². The zero-order valence-corrected chi connectivity index (χ0v) is 16.7. The van der Waals surface area contributed by atoms with Crippen LogP contribution in [0, 0.1) is 0 Å². The zero-order chi connectivity index (χ0) is 22.1. The number of benzene rings is 3. The summed E-state index contributed by atoms with van der Waals surface area (Å²) >= 11 is 5.30. The zero-order valence-electron chi connectivity index (χ0n) is 15.9. The highest BCUT2D eigenvalue weighted by molar-refractivity contribution is 7.80. The van der Waals surface area contributed by atoms with Crippen LogP contribution in [0.4, 0.5) is 5.69 Å². The molecule has 1 heterocycles. The molecule has 9 heteroatoms. The third kappa shape index (κ3) is 4.09. The van der Waals surface area contributed by atoms with Gasteiger partial charge in [0.15, 0.2) is 11.2 Å². The number of ether oxygens (including phenoxy) is 1. The van der Waals surface area contributed by atoms with Crippen molar-refractivity contribution in [1.29, 1.82) is 0 Å². The standard InChI is InChI=1S/C22H18N2O6S/c25-12-6-7-14(15(27)8-12)21-20(29)19(18-16(28)9-13(26)10-17(18)30-21)24-22(31)23-11-4-2-1-3-5-11/h1-10,20-21,25-29H,(H,23,31). The third-order valence-corrected chi connectivity index (χ3v) is 4.90. The maximum Gasteiger partial charge on any atom is 0.197 e. The van der Waals surface area contributed by atoms with Crippen molar-refractivity contribution in [2.75, 3.05) is 5.32 Å². The fraction of sp³-hybridized carbons (Fsp3) is 0.0909. The number of hydrogen-bond acceptors (Lipinski definition) is 7. The summed E-state index contributed by atoms with van der Waals surface area (Å²) < 4.78 is 5.79. The van der Waals surface area contributed by atoms with E-state index >= 15 is 0 Å². The third-order valence-electron chi connectivity index (χ3n) is 4.71. The van der Waals surface area contributed by atoms with Crippen molar-refractivity contribution >= 4 is 28.7 Å². The van der Waals surface area contributed by atoms with Gasteiger partial charge in [0.05, 0.1) is 11.3 Å². The van der Waals surface area contributed by atoms with E-state index in [0.29, 0.717) is 5.69 Å². The predicted molar refractivity (Wildman–Crippen MR) is 118 cm³/mol. The molecule has 0 radical (unpaired) electrons. The minimum atomic E-state index is -1.44. The van der Waals surface area contributed by atoms with Gasteiger partial charge in [-0.2, -0.15) is 0 Å². The van der Waals surface area contributed by atoms with Crippen molar-refractivity contribution in [2.45, 2.75) is 12.2 Å². The first kappa shape index (κ1) is 20.5. The van der Waals surface area contributed by atoms with Crippen LogP contribution in [0.1, 0.15) is 17.2 Å². The van der Waals surface area contributed by atoms with Gasteiger partial charge in [0.2, 0.25) is 0 Å². The molecular weight excluding hydrogens is 420 g/mol. The highest BCUT2D eigenvalue weighted by Crippen LogP contribution is 2.44. The molecular formula is C22H18N2O6S. The SMILES string of the molecule is Oc1ccc(C2Oc3cc(O)cc(O)c3C(=NC(=S)Nc3ccccc3)C2O)c(O)c1. The molecule has 0 spiro atoms. The number of aliphatic hydroxyl groups is 1. The first-order valence-electron chi connectivity index (χ1n) is 9.21. The van der Waals surface area contributed by atoms with Gasteiger partial charge >= 0.3 is 0 Å². The van der Waals surface area contributed by atoms with Gasteiger partial charge in [-0.3, -0.25) is 0 Å².